The van der Waals surface area contributed by atoms with E-state index in [-0.39, 0.29) is 17.8 Å². The average molecular weight is 436 g/mol. The Kier molecular flexibility index (Phi) is 6.79. The van der Waals surface area contributed by atoms with Crippen molar-refractivity contribution in [2.24, 2.45) is 0 Å². The van der Waals surface area contributed by atoms with Crippen LogP contribution in [0.25, 0.3) is 0 Å². The molecule has 32 heavy (non-hydrogen) atoms. The summed E-state index contributed by atoms with van der Waals surface area (Å²) in [5.74, 6) is 1.48. The summed E-state index contributed by atoms with van der Waals surface area (Å²) in [6.45, 7) is 1.07. The van der Waals surface area contributed by atoms with E-state index in [1.807, 2.05) is 29.2 Å². The monoisotopic (exact) mass is 435 g/mol. The van der Waals surface area contributed by atoms with Gasteiger partial charge in [-0.3, -0.25) is 4.79 Å². The van der Waals surface area contributed by atoms with Gasteiger partial charge in [-0.05, 0) is 49.1 Å². The number of amides is 1. The first-order valence-electron chi connectivity index (χ1n) is 10.7. The number of methoxy groups -OCH3 is 1. The summed E-state index contributed by atoms with van der Waals surface area (Å²) in [7, 11) is 1.62. The standard InChI is InChI=1S/C24H26FN5O2/c1-32-21-11-5-4-9-19(21)28-22-13-15-27-24(29-22)30-16-6-10-20(30)23(31)26-14-12-17-7-2-3-8-18(17)25/h2-5,7-9,11,13,15,20H,6,10,12,14,16H2,1H3,(H,26,31)(H,27,28,29)/t20-/m0/s1. The van der Waals surface area contributed by atoms with Crippen molar-refractivity contribution in [1.29, 1.82) is 0 Å². The van der Waals surface area contributed by atoms with Crippen molar-refractivity contribution < 1.29 is 13.9 Å². The van der Waals surface area contributed by atoms with E-state index < -0.39 is 0 Å². The molecule has 3 aromatic rings. The number of hydrogen-bond acceptors (Lipinski definition) is 6. The van der Waals surface area contributed by atoms with Gasteiger partial charge in [-0.1, -0.05) is 30.3 Å². The normalized spacial score (nSPS) is 15.4. The molecule has 1 aliphatic rings. The number of anilines is 3. The highest BCUT2D eigenvalue weighted by Crippen LogP contribution is 2.28. The van der Waals surface area contributed by atoms with Crippen molar-refractivity contribution in [3.8, 4) is 5.75 Å². The number of carbonyl (C=O) groups is 1. The van der Waals surface area contributed by atoms with Crippen LogP contribution in [0, 0.1) is 5.82 Å². The van der Waals surface area contributed by atoms with Gasteiger partial charge in [0.2, 0.25) is 11.9 Å². The molecule has 1 aromatic heterocycles. The zero-order valence-corrected chi connectivity index (χ0v) is 17.9. The van der Waals surface area contributed by atoms with E-state index in [2.05, 4.69) is 20.6 Å². The fraction of sp³-hybridized carbons (Fsp3) is 0.292. The molecule has 1 fully saturated rings. The molecule has 0 unspecified atom stereocenters. The van der Waals surface area contributed by atoms with Crippen molar-refractivity contribution >= 4 is 23.4 Å². The molecule has 2 heterocycles. The molecule has 8 heteroatoms. The fourth-order valence-electron chi connectivity index (χ4n) is 3.86. The number of para-hydroxylation sites is 2. The summed E-state index contributed by atoms with van der Waals surface area (Å²) in [5, 5.41) is 6.18. The van der Waals surface area contributed by atoms with Crippen LogP contribution in [0.3, 0.4) is 0 Å². The maximum Gasteiger partial charge on any atom is 0.242 e. The summed E-state index contributed by atoms with van der Waals surface area (Å²) >= 11 is 0. The minimum absolute atomic E-state index is 0.0921. The molecule has 0 bridgehead atoms. The van der Waals surface area contributed by atoms with Crippen LogP contribution >= 0.6 is 0 Å². The predicted octanol–water partition coefficient (Wildman–Crippen LogP) is 3.70. The maximum absolute atomic E-state index is 13.8. The zero-order valence-electron chi connectivity index (χ0n) is 17.9. The molecule has 0 spiro atoms. The molecule has 4 rings (SSSR count). The minimum atomic E-state index is -0.350. The zero-order chi connectivity index (χ0) is 22.3. The number of carbonyl (C=O) groups excluding carboxylic acids is 1. The second-order valence-electron chi connectivity index (χ2n) is 7.55. The van der Waals surface area contributed by atoms with Crippen LogP contribution in [0.1, 0.15) is 18.4 Å². The molecule has 1 atom stereocenters. The van der Waals surface area contributed by atoms with Crippen LogP contribution in [-0.2, 0) is 11.2 Å². The third-order valence-electron chi connectivity index (χ3n) is 5.48. The van der Waals surface area contributed by atoms with E-state index in [1.165, 1.54) is 6.07 Å². The van der Waals surface area contributed by atoms with Crippen LogP contribution in [0.15, 0.2) is 60.8 Å². The van der Waals surface area contributed by atoms with E-state index in [1.54, 1.807) is 37.6 Å². The van der Waals surface area contributed by atoms with Crippen molar-refractivity contribution in [3.05, 3.63) is 72.2 Å². The lowest BCUT2D eigenvalue weighted by Crippen LogP contribution is -2.44. The summed E-state index contributed by atoms with van der Waals surface area (Å²) in [6, 6.07) is 15.6. The van der Waals surface area contributed by atoms with E-state index in [0.29, 0.717) is 42.6 Å². The first-order valence-corrected chi connectivity index (χ1v) is 10.7. The topological polar surface area (TPSA) is 79.4 Å². The van der Waals surface area contributed by atoms with Gasteiger partial charge in [0.1, 0.15) is 23.4 Å². The summed E-state index contributed by atoms with van der Waals surface area (Å²) in [5.41, 5.74) is 1.39. The first-order chi connectivity index (χ1) is 15.7. The van der Waals surface area contributed by atoms with Crippen LogP contribution < -0.4 is 20.3 Å². The van der Waals surface area contributed by atoms with Crippen molar-refractivity contribution in [2.75, 3.05) is 30.4 Å². The number of aromatic nitrogens is 2. The number of nitrogens with one attached hydrogen (secondary N) is 2. The van der Waals surface area contributed by atoms with Gasteiger partial charge in [0.25, 0.3) is 0 Å². The quantitative estimate of drug-likeness (QED) is 0.562. The average Bonchev–Trinajstić information content (AvgIpc) is 3.31. The molecule has 0 aliphatic carbocycles. The van der Waals surface area contributed by atoms with Crippen LogP contribution in [0.2, 0.25) is 0 Å². The Morgan fingerprint density at radius 1 is 1.19 bits per heavy atom. The molecule has 2 N–H and O–H groups in total. The lowest BCUT2D eigenvalue weighted by Gasteiger charge is -2.24. The third-order valence-corrected chi connectivity index (χ3v) is 5.48. The molecule has 2 aromatic carbocycles. The SMILES string of the molecule is COc1ccccc1Nc1ccnc(N2CCC[C@H]2C(=O)NCCc2ccccc2F)n1. The van der Waals surface area contributed by atoms with Crippen LogP contribution in [0.4, 0.5) is 21.8 Å². The maximum atomic E-state index is 13.8. The number of rotatable bonds is 8. The van der Waals surface area contributed by atoms with Gasteiger partial charge in [0.05, 0.1) is 12.8 Å². The molecule has 0 radical (unpaired) electrons. The Hall–Kier alpha value is -3.68. The molecule has 7 nitrogen and oxygen atoms in total. The Balaban J connectivity index is 1.41. The highest BCUT2D eigenvalue weighted by molar-refractivity contribution is 5.85. The largest absolute Gasteiger partial charge is 0.495 e. The number of halogens is 1. The van der Waals surface area contributed by atoms with Crippen LogP contribution in [-0.4, -0.2) is 42.1 Å². The molecule has 1 aliphatic heterocycles. The lowest BCUT2D eigenvalue weighted by molar-refractivity contribution is -0.122. The van der Waals surface area contributed by atoms with E-state index in [0.717, 1.165) is 18.5 Å². The van der Waals surface area contributed by atoms with Crippen LogP contribution in [0.5, 0.6) is 5.75 Å². The Bertz CT molecular complexity index is 1080. The number of ether oxygens (including phenoxy) is 1. The first kappa shape index (κ1) is 21.5. The van der Waals surface area contributed by atoms with E-state index >= 15 is 0 Å². The third kappa shape index (κ3) is 4.96. The molecule has 0 saturated carbocycles. The van der Waals surface area contributed by atoms with Crippen molar-refractivity contribution in [1.82, 2.24) is 15.3 Å². The number of hydrogen-bond donors (Lipinski definition) is 2. The molecule has 166 valence electrons. The lowest BCUT2D eigenvalue weighted by atomic mass is 10.1. The second kappa shape index (κ2) is 10.1. The van der Waals surface area contributed by atoms with Gasteiger partial charge in [-0.15, -0.1) is 0 Å². The molecule has 1 amide bonds. The number of nitrogens with zero attached hydrogens (tertiary/aromatic N) is 3. The van der Waals surface area contributed by atoms with Gasteiger partial charge >= 0.3 is 0 Å². The highest BCUT2D eigenvalue weighted by atomic mass is 19.1. The second-order valence-corrected chi connectivity index (χ2v) is 7.55. The van der Waals surface area contributed by atoms with Crippen molar-refractivity contribution in [3.63, 3.8) is 0 Å². The van der Waals surface area contributed by atoms with Gasteiger partial charge in [-0.25, -0.2) is 9.37 Å². The van der Waals surface area contributed by atoms with Gasteiger partial charge in [0.15, 0.2) is 0 Å². The Morgan fingerprint density at radius 3 is 2.84 bits per heavy atom. The Labute approximate surface area is 186 Å². The van der Waals surface area contributed by atoms with Gasteiger partial charge in [-0.2, -0.15) is 4.98 Å². The van der Waals surface area contributed by atoms with Crippen molar-refractivity contribution in [2.45, 2.75) is 25.3 Å². The number of benzene rings is 2. The van der Waals surface area contributed by atoms with E-state index in [4.69, 9.17) is 4.74 Å². The Morgan fingerprint density at radius 2 is 2.00 bits per heavy atom. The fourth-order valence-corrected chi connectivity index (χ4v) is 3.86. The smallest absolute Gasteiger partial charge is 0.242 e. The summed E-state index contributed by atoms with van der Waals surface area (Å²) in [6.07, 6.45) is 3.71. The van der Waals surface area contributed by atoms with E-state index in [9.17, 15) is 9.18 Å². The summed E-state index contributed by atoms with van der Waals surface area (Å²) in [4.78, 5) is 23.8. The highest BCUT2D eigenvalue weighted by Gasteiger charge is 2.32. The molecular formula is C24H26FN5O2. The minimum Gasteiger partial charge on any atom is -0.495 e. The van der Waals surface area contributed by atoms with Gasteiger partial charge < -0.3 is 20.3 Å². The predicted molar refractivity (Wildman–Crippen MR) is 122 cm³/mol. The van der Waals surface area contributed by atoms with Gasteiger partial charge in [0, 0.05) is 19.3 Å². The molecular weight excluding hydrogens is 409 g/mol. The molecule has 1 saturated heterocycles. The summed E-state index contributed by atoms with van der Waals surface area (Å²) < 4.78 is 19.2.